The number of aromatic nitrogens is 2. The maximum Gasteiger partial charge on any atom is 0.0765 e. The van der Waals surface area contributed by atoms with E-state index >= 15 is 0 Å². The van der Waals surface area contributed by atoms with Crippen molar-refractivity contribution < 1.29 is 0 Å². The number of nitrogens with zero attached hydrogens (tertiary/aromatic N) is 3. The Morgan fingerprint density at radius 3 is 2.76 bits per heavy atom. The summed E-state index contributed by atoms with van der Waals surface area (Å²) in [5.74, 6) is 0. The molecule has 1 saturated heterocycles. The highest BCUT2D eigenvalue weighted by atomic mass is 15.3. The minimum absolute atomic E-state index is 0.242. The second-order valence-corrected chi connectivity index (χ2v) is 6.98. The van der Waals surface area contributed by atoms with Gasteiger partial charge in [-0.15, -0.1) is 0 Å². The molecule has 0 amide bonds. The standard InChI is InChI=1S/C17H32N4/c1-6-8-15-11-20(17(5,7-2)13-18-15)12-16-9-10-21(19-16)14(3)4/h9-10,14-15,18H,6-8,11-13H2,1-5H3. The average Bonchev–Trinajstić information content (AvgIpc) is 2.92. The smallest absolute Gasteiger partial charge is 0.0765 e. The molecule has 1 aromatic heterocycles. The van der Waals surface area contributed by atoms with Crippen molar-refractivity contribution >= 4 is 0 Å². The molecule has 2 atom stereocenters. The molecule has 4 heteroatoms. The van der Waals surface area contributed by atoms with Gasteiger partial charge in [-0.3, -0.25) is 9.58 Å². The molecule has 1 aromatic rings. The Labute approximate surface area is 129 Å². The summed E-state index contributed by atoms with van der Waals surface area (Å²) in [7, 11) is 0. The SMILES string of the molecule is CCCC1CN(Cc2ccn(C(C)C)n2)C(C)(CC)CN1. The van der Waals surface area contributed by atoms with Crippen molar-refractivity contribution in [2.24, 2.45) is 0 Å². The van der Waals surface area contributed by atoms with Gasteiger partial charge in [-0.2, -0.15) is 5.10 Å². The van der Waals surface area contributed by atoms with E-state index in [-0.39, 0.29) is 5.54 Å². The van der Waals surface area contributed by atoms with Crippen LogP contribution in [-0.4, -0.2) is 39.4 Å². The Morgan fingerprint density at radius 1 is 1.43 bits per heavy atom. The Kier molecular flexibility index (Phi) is 5.44. The lowest BCUT2D eigenvalue weighted by molar-refractivity contribution is 0.0384. The van der Waals surface area contributed by atoms with Gasteiger partial charge in [0, 0.05) is 43.5 Å². The minimum Gasteiger partial charge on any atom is -0.311 e. The number of piperazine rings is 1. The van der Waals surface area contributed by atoms with Gasteiger partial charge in [0.15, 0.2) is 0 Å². The van der Waals surface area contributed by atoms with Crippen LogP contribution in [-0.2, 0) is 6.54 Å². The Balaban J connectivity index is 2.08. The highest BCUT2D eigenvalue weighted by molar-refractivity contribution is 5.04. The van der Waals surface area contributed by atoms with Crippen molar-refractivity contribution in [3.63, 3.8) is 0 Å². The van der Waals surface area contributed by atoms with E-state index < -0.39 is 0 Å². The molecule has 21 heavy (non-hydrogen) atoms. The van der Waals surface area contributed by atoms with Crippen molar-refractivity contribution in [3.05, 3.63) is 18.0 Å². The minimum atomic E-state index is 0.242. The zero-order valence-electron chi connectivity index (χ0n) is 14.4. The van der Waals surface area contributed by atoms with Crippen molar-refractivity contribution in [1.29, 1.82) is 0 Å². The quantitative estimate of drug-likeness (QED) is 0.874. The highest BCUT2D eigenvalue weighted by Gasteiger charge is 2.36. The summed E-state index contributed by atoms with van der Waals surface area (Å²) >= 11 is 0. The zero-order chi connectivity index (χ0) is 15.5. The maximum absolute atomic E-state index is 4.73. The van der Waals surface area contributed by atoms with Crippen LogP contribution in [0.3, 0.4) is 0 Å². The number of rotatable bonds is 6. The van der Waals surface area contributed by atoms with Gasteiger partial charge in [0.1, 0.15) is 0 Å². The van der Waals surface area contributed by atoms with Gasteiger partial charge in [-0.05, 0) is 39.7 Å². The number of nitrogens with one attached hydrogen (secondary N) is 1. The van der Waals surface area contributed by atoms with Crippen LogP contribution in [0.5, 0.6) is 0 Å². The maximum atomic E-state index is 4.73. The molecule has 1 N–H and O–H groups in total. The fourth-order valence-corrected chi connectivity index (χ4v) is 3.12. The fourth-order valence-electron chi connectivity index (χ4n) is 3.12. The van der Waals surface area contributed by atoms with Gasteiger partial charge >= 0.3 is 0 Å². The summed E-state index contributed by atoms with van der Waals surface area (Å²) in [6.07, 6.45) is 5.78. The molecular weight excluding hydrogens is 260 g/mol. The van der Waals surface area contributed by atoms with Crippen LogP contribution >= 0.6 is 0 Å². The van der Waals surface area contributed by atoms with Crippen LogP contribution in [0, 0.1) is 0 Å². The normalized spacial score (nSPS) is 27.4. The lowest BCUT2D eigenvalue weighted by atomic mass is 9.91. The summed E-state index contributed by atoms with van der Waals surface area (Å²) in [6, 6.07) is 3.24. The van der Waals surface area contributed by atoms with E-state index in [9.17, 15) is 0 Å². The third-order valence-corrected chi connectivity index (χ3v) is 4.92. The lowest BCUT2D eigenvalue weighted by Crippen LogP contribution is -2.62. The summed E-state index contributed by atoms with van der Waals surface area (Å²) in [5.41, 5.74) is 1.44. The number of hydrogen-bond acceptors (Lipinski definition) is 3. The monoisotopic (exact) mass is 292 g/mol. The first-order chi connectivity index (χ1) is 9.98. The molecule has 0 spiro atoms. The molecule has 2 rings (SSSR count). The van der Waals surface area contributed by atoms with Crippen molar-refractivity contribution in [3.8, 4) is 0 Å². The molecule has 120 valence electrons. The average molecular weight is 292 g/mol. The van der Waals surface area contributed by atoms with Crippen LogP contribution in [0.4, 0.5) is 0 Å². The van der Waals surface area contributed by atoms with Gasteiger partial charge < -0.3 is 5.32 Å². The van der Waals surface area contributed by atoms with E-state index in [1.54, 1.807) is 0 Å². The Hall–Kier alpha value is -0.870. The van der Waals surface area contributed by atoms with E-state index in [1.165, 1.54) is 25.0 Å². The van der Waals surface area contributed by atoms with Crippen LogP contribution in [0.15, 0.2) is 12.3 Å². The Morgan fingerprint density at radius 2 is 2.19 bits per heavy atom. The first kappa shape index (κ1) is 16.5. The van der Waals surface area contributed by atoms with Crippen LogP contribution in [0.25, 0.3) is 0 Å². The molecule has 1 aliphatic rings. The summed E-state index contributed by atoms with van der Waals surface area (Å²) in [6.45, 7) is 14.5. The van der Waals surface area contributed by atoms with E-state index in [0.717, 1.165) is 19.6 Å². The molecule has 0 aliphatic carbocycles. The van der Waals surface area contributed by atoms with Gasteiger partial charge in [-0.25, -0.2) is 0 Å². The highest BCUT2D eigenvalue weighted by Crippen LogP contribution is 2.25. The third kappa shape index (κ3) is 3.86. The molecule has 2 unspecified atom stereocenters. The third-order valence-electron chi connectivity index (χ3n) is 4.92. The molecule has 0 saturated carbocycles. The largest absolute Gasteiger partial charge is 0.311 e. The predicted molar refractivity (Wildman–Crippen MR) is 88.4 cm³/mol. The molecule has 4 nitrogen and oxygen atoms in total. The van der Waals surface area contributed by atoms with E-state index in [1.807, 2.05) is 0 Å². The second-order valence-electron chi connectivity index (χ2n) is 6.98. The van der Waals surface area contributed by atoms with E-state index in [4.69, 9.17) is 5.10 Å². The van der Waals surface area contributed by atoms with Gasteiger partial charge in [-0.1, -0.05) is 20.3 Å². The molecule has 0 radical (unpaired) electrons. The second kappa shape index (κ2) is 6.93. The fraction of sp³-hybridized carbons (Fsp3) is 0.824. The molecule has 0 bridgehead atoms. The molecule has 0 aromatic carbocycles. The lowest BCUT2D eigenvalue weighted by Gasteiger charge is -2.47. The topological polar surface area (TPSA) is 33.1 Å². The number of hydrogen-bond donors (Lipinski definition) is 1. The van der Waals surface area contributed by atoms with E-state index in [0.29, 0.717) is 12.1 Å². The van der Waals surface area contributed by atoms with Gasteiger partial charge in [0.05, 0.1) is 5.69 Å². The Bertz CT molecular complexity index is 440. The molecular formula is C17H32N4. The van der Waals surface area contributed by atoms with E-state index in [2.05, 4.69) is 61.8 Å². The zero-order valence-corrected chi connectivity index (χ0v) is 14.4. The summed E-state index contributed by atoms with van der Waals surface area (Å²) < 4.78 is 2.06. The van der Waals surface area contributed by atoms with Gasteiger partial charge in [0.25, 0.3) is 0 Å². The van der Waals surface area contributed by atoms with Gasteiger partial charge in [0.2, 0.25) is 0 Å². The first-order valence-electron chi connectivity index (χ1n) is 8.51. The van der Waals surface area contributed by atoms with Crippen LogP contribution in [0.2, 0.25) is 0 Å². The molecule has 2 heterocycles. The van der Waals surface area contributed by atoms with Crippen molar-refractivity contribution in [2.45, 2.75) is 78.0 Å². The van der Waals surface area contributed by atoms with Crippen LogP contribution < -0.4 is 5.32 Å². The van der Waals surface area contributed by atoms with Crippen molar-refractivity contribution in [2.75, 3.05) is 13.1 Å². The summed E-state index contributed by atoms with van der Waals surface area (Å²) in [4.78, 5) is 2.64. The molecule has 1 aliphatic heterocycles. The van der Waals surface area contributed by atoms with Crippen LogP contribution in [0.1, 0.15) is 65.6 Å². The first-order valence-corrected chi connectivity index (χ1v) is 8.51. The summed E-state index contributed by atoms with van der Waals surface area (Å²) in [5, 5.41) is 8.46. The predicted octanol–water partition coefficient (Wildman–Crippen LogP) is 3.21. The molecule has 1 fully saturated rings. The van der Waals surface area contributed by atoms with Crippen molar-refractivity contribution in [1.82, 2.24) is 20.0 Å².